The van der Waals surface area contributed by atoms with Gasteiger partial charge < -0.3 is 13.9 Å². The first kappa shape index (κ1) is 33.2. The summed E-state index contributed by atoms with van der Waals surface area (Å²) < 4.78 is 343. The van der Waals surface area contributed by atoms with Gasteiger partial charge in [0, 0.05) is 60.7 Å². The van der Waals surface area contributed by atoms with Crippen molar-refractivity contribution in [2.24, 2.45) is 0 Å². The fourth-order valence-corrected chi connectivity index (χ4v) is 16.7. The van der Waals surface area contributed by atoms with Gasteiger partial charge in [-0.25, -0.2) is 4.98 Å². The van der Waals surface area contributed by atoms with E-state index in [1.165, 1.54) is 39.5 Å². The second-order valence-corrected chi connectivity index (χ2v) is 27.5. The van der Waals surface area contributed by atoms with Crippen LogP contribution in [0.5, 0.6) is 11.5 Å². The number of imidazole rings is 1. The number of benzene rings is 12. The number of hydrogen-bond donors (Lipinski definition) is 0. The minimum absolute atomic E-state index is 0. The monoisotopic (exact) mass is 1460 g/mol. The fraction of sp³-hybridized carbons (Fsp3) is 0.114. The molecule has 0 atom stereocenters. The first-order valence-corrected chi connectivity index (χ1v) is 32.0. The molecule has 1 aliphatic rings. The second-order valence-electron chi connectivity index (χ2n) is 23.7. The molecule has 0 saturated heterocycles. The molecule has 16 rings (SSSR count). The van der Waals surface area contributed by atoms with Gasteiger partial charge >= 0.3 is 0 Å². The Hall–Kier alpha value is -10.2. The van der Waals surface area contributed by atoms with E-state index in [9.17, 15) is 35.6 Å². The molecule has 0 radical (unpaired) electrons. The van der Waals surface area contributed by atoms with Crippen molar-refractivity contribution in [1.29, 1.82) is 0 Å². The van der Waals surface area contributed by atoms with Crippen LogP contribution in [0.3, 0.4) is 0 Å². The van der Waals surface area contributed by atoms with E-state index in [-0.39, 0.29) is 60.3 Å². The van der Waals surface area contributed by atoms with Crippen LogP contribution in [-0.2, 0) is 32.9 Å². The molecule has 15 aromatic rings. The number of para-hydroxylation sites is 1. The van der Waals surface area contributed by atoms with Gasteiger partial charge in [0.15, 0.2) is 0 Å². The standard InChI is InChI=1S/C88H70N4OSi.Pt/c1-58-26-23-27-59(2)84(58)63-52-78-74-41-20-18-39-72(74)71-38-17-19-40-73(71)77-50-62(47-49-94(68-32-11-8-12-33-68,69-34-13-9-14-35-69)70-36-15-10-16-37-70)51-82-87(77)91(86(78)79(53-63)85-60(3)28-24-29-61(85)4)57-90(82)65-30-25-31-66(55-65)93-67-44-45-76-75-42-21-22-43-80(75)92(81(76)56-67)83-54-64(46-48-89-83)88(5,6)7;/h8-46,48,50-54H,47,49H2,1-7H3;/q-2;/i1D3,2D3,3D3,4D3,8D,9D,10D,11D,12D,13D,14D,15D,16D,17D,18D,19D,20D,32D,33D,34D,35D,36D,37D,38D,39D,40D,41D;. The van der Waals surface area contributed by atoms with Gasteiger partial charge in [-0.1, -0.05) is 231 Å². The second kappa shape index (κ2) is 24.6. The first-order valence-electron chi connectivity index (χ1n) is 47.3. The Bertz CT molecular complexity index is 7070. The Morgan fingerprint density at radius 1 is 0.516 bits per heavy atom. The Balaban J connectivity index is 0.0000130. The van der Waals surface area contributed by atoms with Crippen LogP contribution >= 0.6 is 0 Å². The summed E-state index contributed by atoms with van der Waals surface area (Å²) >= 11 is 0. The number of fused-ring (bicyclic) bond motifs is 10. The molecule has 0 bridgehead atoms. The topological polar surface area (TPSA) is 35.9 Å². The zero-order valence-corrected chi connectivity index (χ0v) is 53.9. The van der Waals surface area contributed by atoms with Crippen molar-refractivity contribution in [1.82, 2.24) is 14.1 Å². The van der Waals surface area contributed by atoms with E-state index in [1.54, 1.807) is 12.3 Å². The molecule has 1 aliphatic heterocycles. The zero-order valence-electron chi connectivity index (χ0n) is 85.6. The van der Waals surface area contributed by atoms with Crippen molar-refractivity contribution in [3.8, 4) is 84.3 Å². The molecule has 0 amide bonds. The Morgan fingerprint density at radius 2 is 1.07 bits per heavy atom. The smallest absolute Gasteiger partial charge is 0.268 e. The van der Waals surface area contributed by atoms with Crippen molar-refractivity contribution in [2.75, 3.05) is 0 Å². The molecule has 0 unspecified atom stereocenters. The third-order valence-electron chi connectivity index (χ3n) is 17.2. The number of hydrogen-bond acceptors (Lipinski definition) is 2. The number of aromatic nitrogens is 4. The number of nitrogens with zero attached hydrogens (tertiary/aromatic N) is 4. The largest absolute Gasteiger partial charge is 0.510 e. The van der Waals surface area contributed by atoms with Crippen molar-refractivity contribution in [3.05, 3.63) is 324 Å². The molecule has 0 fully saturated rings. The van der Waals surface area contributed by atoms with Gasteiger partial charge in [0.1, 0.15) is 13.9 Å². The zero-order chi connectivity index (χ0) is 93.8. The molecule has 95 heavy (non-hydrogen) atoms. The molecule has 4 heterocycles. The van der Waals surface area contributed by atoms with Crippen LogP contribution in [0.25, 0.3) is 106 Å². The summed E-state index contributed by atoms with van der Waals surface area (Å²) in [6.07, 6.45) is 4.28. The van der Waals surface area contributed by atoms with Gasteiger partial charge in [-0.15, -0.1) is 29.7 Å². The van der Waals surface area contributed by atoms with Crippen LogP contribution in [0.4, 0.5) is 0 Å². The summed E-state index contributed by atoms with van der Waals surface area (Å²) in [7, 11) is -5.81. The predicted octanol–water partition coefficient (Wildman–Crippen LogP) is 19.5. The minimum Gasteiger partial charge on any atom is -0.510 e. The van der Waals surface area contributed by atoms with Crippen LogP contribution in [0.15, 0.2) is 273 Å². The summed E-state index contributed by atoms with van der Waals surface area (Å²) in [5, 5.41) is -0.928. The summed E-state index contributed by atoms with van der Waals surface area (Å²) in [6.45, 7) is -7.05. The molecule has 0 spiro atoms. The van der Waals surface area contributed by atoms with Gasteiger partial charge in [0.25, 0.3) is 6.33 Å². The van der Waals surface area contributed by atoms with Crippen LogP contribution in [0, 0.1) is 45.9 Å². The maximum Gasteiger partial charge on any atom is 0.268 e. The quantitative estimate of drug-likeness (QED) is 0.0529. The van der Waals surface area contributed by atoms with E-state index in [4.69, 9.17) is 22.1 Å². The molecule has 0 N–H and O–H groups in total. The van der Waals surface area contributed by atoms with E-state index >= 15 is 0 Å². The van der Waals surface area contributed by atoms with E-state index in [2.05, 4.69) is 39.2 Å². The average Bonchev–Trinajstić information content (AvgIpc) is 1.52. The molecular formula is C88H70N4OPtSi-2. The van der Waals surface area contributed by atoms with Gasteiger partial charge in [-0.2, -0.15) is 18.2 Å². The Labute approximate surface area is 621 Å². The van der Waals surface area contributed by atoms with Gasteiger partial charge in [0.2, 0.25) is 0 Å². The van der Waals surface area contributed by atoms with Crippen LogP contribution in [0.2, 0.25) is 6.04 Å². The van der Waals surface area contributed by atoms with Crippen LogP contribution < -0.4 is 24.9 Å². The first-order chi connectivity index (χ1) is 60.3. The van der Waals surface area contributed by atoms with Crippen LogP contribution in [0.1, 0.15) is 102 Å². The number of pyridine rings is 1. The van der Waals surface area contributed by atoms with Gasteiger partial charge in [-0.3, -0.25) is 4.57 Å². The van der Waals surface area contributed by atoms with Gasteiger partial charge in [0.05, 0.1) is 48.2 Å². The summed E-state index contributed by atoms with van der Waals surface area (Å²) in [5.74, 6) is 0.567. The van der Waals surface area contributed by atoms with Crippen LogP contribution in [-0.4, -0.2) is 22.2 Å². The predicted molar refractivity (Wildman–Crippen MR) is 391 cm³/mol. The average molecular weight is 1460 g/mol. The van der Waals surface area contributed by atoms with Gasteiger partial charge in [-0.05, 0) is 192 Å². The fourth-order valence-electron chi connectivity index (χ4n) is 12.9. The normalized spacial score (nSPS) is 17.7. The van der Waals surface area contributed by atoms with Crippen molar-refractivity contribution >= 4 is 56.5 Å². The van der Waals surface area contributed by atoms with E-state index < -0.39 is 286 Å². The van der Waals surface area contributed by atoms with E-state index in [0.717, 1.165) is 70.4 Å². The number of rotatable bonds is 12. The maximum absolute atomic E-state index is 10.4. The molecule has 3 aromatic heterocycles. The summed E-state index contributed by atoms with van der Waals surface area (Å²) in [6, 6.07) is 12.8. The summed E-state index contributed by atoms with van der Waals surface area (Å²) in [5.41, 5.74) is -8.31. The van der Waals surface area contributed by atoms with Crippen molar-refractivity contribution < 1.29 is 78.3 Å². The van der Waals surface area contributed by atoms with Crippen molar-refractivity contribution in [2.45, 2.75) is 66.1 Å². The molecule has 7 heteroatoms. The minimum atomic E-state index is -5.81. The Kier molecular flexibility index (Phi) is 8.60. The van der Waals surface area contributed by atoms with E-state index in [1.807, 2.05) is 47.0 Å². The summed E-state index contributed by atoms with van der Waals surface area (Å²) in [4.78, 5) is 4.82. The molecule has 464 valence electrons. The molecule has 0 saturated carbocycles. The Morgan fingerprint density at radius 3 is 1.69 bits per heavy atom. The SMILES string of the molecule is [2H]c1c([2H])c([2H])c([Si](CCc2cc3c4c(c2)n(-c2[c-]c(Oc5[c-]c6c(cc5)c5ccccc5n6-c5cc(C(C)(C)C)ccn5)ccc2)[c-][n+]4-c2c(-c4c(C([2H])([2H])[2H])cccc4C([2H])([2H])[2H])cc(-c4c(C([2H])([2H])[2H])cccc4C([2H])([2H])[2H])cc2-c2c([2H])c([2H])c([2H])c([2H])c2-c2c([2H])c([2H])c([2H])c([2H])c2-3)(c2c([2H])c([2H])c([2H])c([2H])c2[2H])c2c([2H])c([2H])c([2H])c([2H])c2[2H])c([2H])c1[2H].[Pt]. The molecule has 5 nitrogen and oxygen atoms in total. The van der Waals surface area contributed by atoms with Crippen molar-refractivity contribution in [3.63, 3.8) is 0 Å². The third-order valence-corrected chi connectivity index (χ3v) is 21.5. The number of aryl methyl sites for hydroxylation is 5. The molecule has 12 aromatic carbocycles. The van der Waals surface area contributed by atoms with E-state index in [0.29, 0.717) is 11.3 Å². The number of ether oxygens (including phenoxy) is 1. The molecule has 0 aliphatic carbocycles. The molecular weight excluding hydrogens is 1350 g/mol. The maximum atomic E-state index is 10.4. The third kappa shape index (κ3) is 10.6.